The molecule has 0 aromatic rings. The summed E-state index contributed by atoms with van der Waals surface area (Å²) in [6, 6.07) is 0.725. The average molecular weight is 183 g/mol. The van der Waals surface area contributed by atoms with Crippen molar-refractivity contribution in [3.05, 3.63) is 0 Å². The molecule has 1 aliphatic rings. The molecular weight excluding hydrogens is 158 g/mol. The van der Waals surface area contributed by atoms with Gasteiger partial charge in [0.25, 0.3) is 0 Å². The van der Waals surface area contributed by atoms with Crippen LogP contribution in [-0.4, -0.2) is 12.6 Å². The molecule has 1 aliphatic heterocycles. The van der Waals surface area contributed by atoms with E-state index < -0.39 is 0 Å². The molecule has 13 heavy (non-hydrogen) atoms. The SMILES string of the molecule is CC(C)C1CCC(C(C)(C)C)NC1. The van der Waals surface area contributed by atoms with Crippen LogP contribution in [0.25, 0.3) is 0 Å². The third-order valence-corrected chi connectivity index (χ3v) is 3.44. The predicted octanol–water partition coefficient (Wildman–Crippen LogP) is 3.06. The third-order valence-electron chi connectivity index (χ3n) is 3.44. The molecule has 1 nitrogen and oxygen atoms in total. The van der Waals surface area contributed by atoms with Gasteiger partial charge in [-0.25, -0.2) is 0 Å². The quantitative estimate of drug-likeness (QED) is 0.659. The van der Waals surface area contributed by atoms with Crippen LogP contribution in [0.3, 0.4) is 0 Å². The van der Waals surface area contributed by atoms with Crippen LogP contribution in [0.4, 0.5) is 0 Å². The van der Waals surface area contributed by atoms with Crippen LogP contribution in [0, 0.1) is 17.3 Å². The second kappa shape index (κ2) is 4.00. The number of piperidine rings is 1. The van der Waals surface area contributed by atoms with Crippen LogP contribution in [0.15, 0.2) is 0 Å². The largest absolute Gasteiger partial charge is 0.313 e. The second-order valence-corrected chi connectivity index (χ2v) is 5.91. The van der Waals surface area contributed by atoms with E-state index in [1.165, 1.54) is 19.4 Å². The molecule has 1 saturated heterocycles. The maximum Gasteiger partial charge on any atom is 0.0116 e. The van der Waals surface area contributed by atoms with Crippen LogP contribution in [0.2, 0.25) is 0 Å². The van der Waals surface area contributed by atoms with Crippen molar-refractivity contribution < 1.29 is 0 Å². The van der Waals surface area contributed by atoms with E-state index in [2.05, 4.69) is 39.9 Å². The van der Waals surface area contributed by atoms with Gasteiger partial charge in [0.15, 0.2) is 0 Å². The molecule has 1 fully saturated rings. The van der Waals surface area contributed by atoms with Gasteiger partial charge in [0.05, 0.1) is 0 Å². The fourth-order valence-corrected chi connectivity index (χ4v) is 2.19. The van der Waals surface area contributed by atoms with Crippen LogP contribution < -0.4 is 5.32 Å². The first-order valence-electron chi connectivity index (χ1n) is 5.64. The first-order valence-corrected chi connectivity index (χ1v) is 5.64. The van der Waals surface area contributed by atoms with E-state index >= 15 is 0 Å². The molecule has 0 aliphatic carbocycles. The fourth-order valence-electron chi connectivity index (χ4n) is 2.19. The molecule has 2 atom stereocenters. The monoisotopic (exact) mass is 183 g/mol. The van der Waals surface area contributed by atoms with Gasteiger partial charge in [-0.05, 0) is 36.6 Å². The Hall–Kier alpha value is -0.0400. The summed E-state index contributed by atoms with van der Waals surface area (Å²) in [4.78, 5) is 0. The lowest BCUT2D eigenvalue weighted by Gasteiger charge is -2.39. The van der Waals surface area contributed by atoms with Gasteiger partial charge in [-0.3, -0.25) is 0 Å². The van der Waals surface area contributed by atoms with Crippen LogP contribution in [-0.2, 0) is 0 Å². The van der Waals surface area contributed by atoms with Crippen molar-refractivity contribution in [1.82, 2.24) is 5.32 Å². The maximum absolute atomic E-state index is 3.69. The summed E-state index contributed by atoms with van der Waals surface area (Å²) in [5.41, 5.74) is 0.432. The van der Waals surface area contributed by atoms with Crippen molar-refractivity contribution in [2.45, 2.75) is 53.5 Å². The molecule has 1 N–H and O–H groups in total. The zero-order valence-electron chi connectivity index (χ0n) is 9.85. The average Bonchev–Trinajstić information content (AvgIpc) is 2.03. The van der Waals surface area contributed by atoms with Gasteiger partial charge >= 0.3 is 0 Å². The van der Waals surface area contributed by atoms with E-state index in [0.29, 0.717) is 5.41 Å². The first-order chi connectivity index (χ1) is 5.91. The molecule has 78 valence electrons. The summed E-state index contributed by atoms with van der Waals surface area (Å²) >= 11 is 0. The lowest BCUT2D eigenvalue weighted by atomic mass is 9.77. The number of hydrogen-bond acceptors (Lipinski definition) is 1. The van der Waals surface area contributed by atoms with Gasteiger partial charge in [-0.2, -0.15) is 0 Å². The van der Waals surface area contributed by atoms with Crippen LogP contribution in [0.5, 0.6) is 0 Å². The van der Waals surface area contributed by atoms with Crippen molar-refractivity contribution in [1.29, 1.82) is 0 Å². The molecule has 0 bridgehead atoms. The molecule has 0 radical (unpaired) electrons. The van der Waals surface area contributed by atoms with E-state index in [1.807, 2.05) is 0 Å². The van der Waals surface area contributed by atoms with Crippen molar-refractivity contribution in [2.24, 2.45) is 17.3 Å². The molecule has 0 aromatic carbocycles. The molecule has 0 amide bonds. The molecule has 0 aromatic heterocycles. The Bertz CT molecular complexity index is 147. The smallest absolute Gasteiger partial charge is 0.0116 e. The van der Waals surface area contributed by atoms with Crippen LogP contribution in [0.1, 0.15) is 47.5 Å². The fraction of sp³-hybridized carbons (Fsp3) is 1.00. The van der Waals surface area contributed by atoms with Gasteiger partial charge in [-0.1, -0.05) is 34.6 Å². The number of nitrogens with one attached hydrogen (secondary N) is 1. The predicted molar refractivity (Wildman–Crippen MR) is 58.8 cm³/mol. The summed E-state index contributed by atoms with van der Waals surface area (Å²) in [6.45, 7) is 12.9. The molecule has 0 saturated carbocycles. The second-order valence-electron chi connectivity index (χ2n) is 5.91. The molecule has 1 heteroatoms. The highest BCUT2D eigenvalue weighted by atomic mass is 14.9. The van der Waals surface area contributed by atoms with Gasteiger partial charge in [0.1, 0.15) is 0 Å². The Labute approximate surface area is 83.3 Å². The minimum absolute atomic E-state index is 0.432. The van der Waals surface area contributed by atoms with E-state index in [0.717, 1.165) is 17.9 Å². The van der Waals surface area contributed by atoms with E-state index in [9.17, 15) is 0 Å². The van der Waals surface area contributed by atoms with Crippen molar-refractivity contribution in [3.8, 4) is 0 Å². The Morgan fingerprint density at radius 1 is 1.15 bits per heavy atom. The van der Waals surface area contributed by atoms with E-state index in [1.54, 1.807) is 0 Å². The molecule has 0 spiro atoms. The highest BCUT2D eigenvalue weighted by Gasteiger charge is 2.29. The molecular formula is C12H25N. The zero-order chi connectivity index (χ0) is 10.1. The number of rotatable bonds is 1. The van der Waals surface area contributed by atoms with Crippen LogP contribution >= 0.6 is 0 Å². The van der Waals surface area contributed by atoms with Crippen molar-refractivity contribution in [3.63, 3.8) is 0 Å². The third kappa shape index (κ3) is 2.98. The highest BCUT2D eigenvalue weighted by molar-refractivity contribution is 4.86. The summed E-state index contributed by atoms with van der Waals surface area (Å²) < 4.78 is 0. The lowest BCUT2D eigenvalue weighted by Crippen LogP contribution is -2.47. The van der Waals surface area contributed by atoms with E-state index in [4.69, 9.17) is 0 Å². The standard InChI is InChI=1S/C12H25N/c1-9(2)10-6-7-11(13-8-10)12(3,4)5/h9-11,13H,6-8H2,1-5H3. The summed E-state index contributed by atoms with van der Waals surface area (Å²) in [7, 11) is 0. The van der Waals surface area contributed by atoms with Gasteiger partial charge in [0.2, 0.25) is 0 Å². The van der Waals surface area contributed by atoms with Crippen molar-refractivity contribution in [2.75, 3.05) is 6.54 Å². The Balaban J connectivity index is 2.39. The Morgan fingerprint density at radius 2 is 1.77 bits per heavy atom. The maximum atomic E-state index is 3.69. The number of hydrogen-bond donors (Lipinski definition) is 1. The zero-order valence-corrected chi connectivity index (χ0v) is 9.85. The van der Waals surface area contributed by atoms with E-state index in [-0.39, 0.29) is 0 Å². The summed E-state index contributed by atoms with van der Waals surface area (Å²) in [6.07, 6.45) is 2.76. The Kier molecular flexibility index (Phi) is 3.39. The van der Waals surface area contributed by atoms with Gasteiger partial charge < -0.3 is 5.32 Å². The molecule has 1 rings (SSSR count). The minimum atomic E-state index is 0.432. The highest BCUT2D eigenvalue weighted by Crippen LogP contribution is 2.30. The summed E-state index contributed by atoms with van der Waals surface area (Å²) in [5.74, 6) is 1.74. The lowest BCUT2D eigenvalue weighted by molar-refractivity contribution is 0.171. The normalized spacial score (nSPS) is 30.9. The van der Waals surface area contributed by atoms with Crippen molar-refractivity contribution >= 4 is 0 Å². The minimum Gasteiger partial charge on any atom is -0.313 e. The Morgan fingerprint density at radius 3 is 2.08 bits per heavy atom. The summed E-state index contributed by atoms with van der Waals surface area (Å²) in [5, 5.41) is 3.69. The molecule has 2 unspecified atom stereocenters. The topological polar surface area (TPSA) is 12.0 Å². The van der Waals surface area contributed by atoms with Gasteiger partial charge in [-0.15, -0.1) is 0 Å². The molecule has 1 heterocycles. The first kappa shape index (κ1) is 11.0. The van der Waals surface area contributed by atoms with Gasteiger partial charge in [0, 0.05) is 6.04 Å².